The number of aliphatic hydroxyl groups excluding tert-OH is 1. The van der Waals surface area contributed by atoms with Gasteiger partial charge in [-0.15, -0.1) is 0 Å². The van der Waals surface area contributed by atoms with Gasteiger partial charge in [-0.2, -0.15) is 0 Å². The molecule has 3 N–H and O–H groups in total. The Bertz CT molecular complexity index is 259. The highest BCUT2D eigenvalue weighted by molar-refractivity contribution is 5.77. The molecule has 1 aliphatic heterocycles. The monoisotopic (exact) mass is 220 g/mol. The normalized spacial score (nSPS) is 33.7. The molecule has 1 aliphatic rings. The predicted molar refractivity (Wildman–Crippen MR) is 49.2 cm³/mol. The summed E-state index contributed by atoms with van der Waals surface area (Å²) in [5.41, 5.74) is -2.08. The zero-order valence-electron chi connectivity index (χ0n) is 8.93. The van der Waals surface area contributed by atoms with Crippen LogP contribution in [0.3, 0.4) is 0 Å². The summed E-state index contributed by atoms with van der Waals surface area (Å²) in [5.74, 6) is -2.41. The SMILES string of the molecule is CC1(C)O[C@@H]([C@](C)(O)C(=O)O)[C@@H](CO)O1. The van der Waals surface area contributed by atoms with Crippen molar-refractivity contribution in [2.75, 3.05) is 6.61 Å². The van der Waals surface area contributed by atoms with Crippen LogP contribution in [0.5, 0.6) is 0 Å². The van der Waals surface area contributed by atoms with Gasteiger partial charge in [0.2, 0.25) is 0 Å². The summed E-state index contributed by atoms with van der Waals surface area (Å²) in [4.78, 5) is 10.8. The van der Waals surface area contributed by atoms with E-state index in [1.807, 2.05) is 0 Å². The molecule has 0 bridgehead atoms. The third kappa shape index (κ3) is 2.28. The molecular weight excluding hydrogens is 204 g/mol. The number of hydrogen-bond acceptors (Lipinski definition) is 5. The van der Waals surface area contributed by atoms with Crippen molar-refractivity contribution in [3.8, 4) is 0 Å². The van der Waals surface area contributed by atoms with Crippen molar-refractivity contribution in [2.45, 2.75) is 44.4 Å². The number of ether oxygens (including phenoxy) is 2. The van der Waals surface area contributed by atoms with Gasteiger partial charge in [0.05, 0.1) is 6.61 Å². The molecule has 1 saturated heterocycles. The van der Waals surface area contributed by atoms with E-state index in [1.165, 1.54) is 0 Å². The molecule has 3 atom stereocenters. The minimum absolute atomic E-state index is 0.405. The van der Waals surface area contributed by atoms with Crippen LogP contribution in [0.25, 0.3) is 0 Å². The van der Waals surface area contributed by atoms with E-state index in [0.29, 0.717) is 0 Å². The van der Waals surface area contributed by atoms with Crippen LogP contribution in [-0.4, -0.2) is 51.5 Å². The van der Waals surface area contributed by atoms with Gasteiger partial charge in [-0.25, -0.2) is 4.79 Å². The zero-order valence-corrected chi connectivity index (χ0v) is 8.93. The van der Waals surface area contributed by atoms with Gasteiger partial charge in [-0.3, -0.25) is 0 Å². The molecule has 0 amide bonds. The highest BCUT2D eigenvalue weighted by atomic mass is 16.8. The maximum atomic E-state index is 10.8. The summed E-state index contributed by atoms with van der Waals surface area (Å²) in [7, 11) is 0. The summed E-state index contributed by atoms with van der Waals surface area (Å²) in [6.07, 6.45) is -1.93. The Morgan fingerprint density at radius 3 is 2.40 bits per heavy atom. The summed E-state index contributed by atoms with van der Waals surface area (Å²) >= 11 is 0. The molecule has 0 radical (unpaired) electrons. The van der Waals surface area contributed by atoms with E-state index < -0.39 is 36.2 Å². The first kappa shape index (κ1) is 12.4. The molecule has 1 fully saturated rings. The minimum Gasteiger partial charge on any atom is -0.479 e. The third-order valence-corrected chi connectivity index (χ3v) is 2.35. The summed E-state index contributed by atoms with van der Waals surface area (Å²) < 4.78 is 10.5. The Morgan fingerprint density at radius 1 is 1.47 bits per heavy atom. The first-order chi connectivity index (χ1) is 6.70. The van der Waals surface area contributed by atoms with E-state index in [9.17, 15) is 9.90 Å². The van der Waals surface area contributed by atoms with Crippen molar-refractivity contribution in [1.82, 2.24) is 0 Å². The fourth-order valence-electron chi connectivity index (χ4n) is 1.57. The Morgan fingerprint density at radius 2 is 2.00 bits per heavy atom. The molecule has 0 aromatic carbocycles. The molecule has 88 valence electrons. The van der Waals surface area contributed by atoms with E-state index in [-0.39, 0.29) is 0 Å². The van der Waals surface area contributed by atoms with Crippen LogP contribution >= 0.6 is 0 Å². The molecule has 0 aromatic rings. The van der Waals surface area contributed by atoms with Crippen LogP contribution in [0, 0.1) is 0 Å². The van der Waals surface area contributed by atoms with E-state index in [0.717, 1.165) is 6.92 Å². The number of carboxylic acids is 1. The molecule has 1 rings (SSSR count). The molecular formula is C9H16O6. The molecule has 15 heavy (non-hydrogen) atoms. The van der Waals surface area contributed by atoms with Gasteiger partial charge < -0.3 is 24.8 Å². The lowest BCUT2D eigenvalue weighted by atomic mass is 9.95. The number of aliphatic hydroxyl groups is 2. The van der Waals surface area contributed by atoms with Crippen LogP contribution in [0.4, 0.5) is 0 Å². The standard InChI is InChI=1S/C9H16O6/c1-8(2)14-5(4-10)6(15-8)9(3,13)7(11)12/h5-6,10,13H,4H2,1-3H3,(H,11,12)/t5-,6-,9+/m1/s1. The first-order valence-corrected chi connectivity index (χ1v) is 4.63. The topological polar surface area (TPSA) is 96.2 Å². The second-order valence-electron chi connectivity index (χ2n) is 4.23. The van der Waals surface area contributed by atoms with Crippen molar-refractivity contribution >= 4 is 5.97 Å². The second kappa shape index (κ2) is 3.71. The lowest BCUT2D eigenvalue weighted by Crippen LogP contribution is -2.52. The zero-order chi connectivity index (χ0) is 11.9. The maximum absolute atomic E-state index is 10.8. The van der Waals surface area contributed by atoms with Crippen LogP contribution in [-0.2, 0) is 14.3 Å². The second-order valence-corrected chi connectivity index (χ2v) is 4.23. The highest BCUT2D eigenvalue weighted by Crippen LogP contribution is 2.33. The summed E-state index contributed by atoms with van der Waals surface area (Å²) in [5, 5.41) is 27.5. The number of aliphatic carboxylic acids is 1. The van der Waals surface area contributed by atoms with Gasteiger partial charge in [-0.05, 0) is 20.8 Å². The van der Waals surface area contributed by atoms with E-state index in [1.54, 1.807) is 13.8 Å². The van der Waals surface area contributed by atoms with Crippen molar-refractivity contribution in [3.63, 3.8) is 0 Å². The maximum Gasteiger partial charge on any atom is 0.338 e. The predicted octanol–water partition coefficient (Wildman–Crippen LogP) is -0.666. The molecule has 0 spiro atoms. The summed E-state index contributed by atoms with van der Waals surface area (Å²) in [6.45, 7) is 3.89. The van der Waals surface area contributed by atoms with Crippen LogP contribution in [0.2, 0.25) is 0 Å². The van der Waals surface area contributed by atoms with Crippen LogP contribution in [0.15, 0.2) is 0 Å². The highest BCUT2D eigenvalue weighted by Gasteiger charge is 2.53. The molecule has 1 heterocycles. The molecule has 0 aliphatic carbocycles. The van der Waals surface area contributed by atoms with Gasteiger partial charge >= 0.3 is 5.97 Å². The van der Waals surface area contributed by atoms with Crippen molar-refractivity contribution in [3.05, 3.63) is 0 Å². The lowest BCUT2D eigenvalue weighted by Gasteiger charge is -2.27. The van der Waals surface area contributed by atoms with Gasteiger partial charge in [0.1, 0.15) is 12.2 Å². The Kier molecular flexibility index (Phi) is 3.06. The molecule has 0 saturated carbocycles. The van der Waals surface area contributed by atoms with Crippen LogP contribution in [0.1, 0.15) is 20.8 Å². The van der Waals surface area contributed by atoms with Crippen molar-refractivity contribution < 1.29 is 29.6 Å². The first-order valence-electron chi connectivity index (χ1n) is 4.63. The Balaban J connectivity index is 2.90. The van der Waals surface area contributed by atoms with Crippen molar-refractivity contribution in [1.29, 1.82) is 0 Å². The average Bonchev–Trinajstić information content (AvgIpc) is 2.41. The number of carbonyl (C=O) groups is 1. The lowest BCUT2D eigenvalue weighted by molar-refractivity contribution is -0.186. The molecule has 0 unspecified atom stereocenters. The average molecular weight is 220 g/mol. The smallest absolute Gasteiger partial charge is 0.338 e. The Labute approximate surface area is 87.4 Å². The molecule has 0 aromatic heterocycles. The fraction of sp³-hybridized carbons (Fsp3) is 0.889. The van der Waals surface area contributed by atoms with Crippen molar-refractivity contribution in [2.24, 2.45) is 0 Å². The third-order valence-electron chi connectivity index (χ3n) is 2.35. The number of hydrogen-bond donors (Lipinski definition) is 3. The van der Waals surface area contributed by atoms with Gasteiger partial charge in [-0.1, -0.05) is 0 Å². The largest absolute Gasteiger partial charge is 0.479 e. The van der Waals surface area contributed by atoms with E-state index in [4.69, 9.17) is 19.7 Å². The van der Waals surface area contributed by atoms with E-state index in [2.05, 4.69) is 0 Å². The van der Waals surface area contributed by atoms with Gasteiger partial charge in [0, 0.05) is 0 Å². The number of carboxylic acid groups (broad SMARTS) is 1. The molecule has 6 heteroatoms. The minimum atomic E-state index is -2.08. The van der Waals surface area contributed by atoms with E-state index >= 15 is 0 Å². The number of rotatable bonds is 3. The fourth-order valence-corrected chi connectivity index (χ4v) is 1.57. The van der Waals surface area contributed by atoms with Gasteiger partial charge in [0.15, 0.2) is 11.4 Å². The summed E-state index contributed by atoms with van der Waals surface area (Å²) in [6, 6.07) is 0. The molecule has 6 nitrogen and oxygen atoms in total. The Hall–Kier alpha value is -0.690. The quantitative estimate of drug-likeness (QED) is 0.584. The van der Waals surface area contributed by atoms with Gasteiger partial charge in [0.25, 0.3) is 0 Å². The van der Waals surface area contributed by atoms with Crippen LogP contribution < -0.4 is 0 Å².